The van der Waals surface area contributed by atoms with Crippen molar-refractivity contribution in [2.75, 3.05) is 27.2 Å². The summed E-state index contributed by atoms with van der Waals surface area (Å²) in [7, 11) is 3.40. The van der Waals surface area contributed by atoms with Gasteiger partial charge in [-0.3, -0.25) is 0 Å². The minimum atomic E-state index is -1.55. The van der Waals surface area contributed by atoms with Crippen LogP contribution in [0.4, 0.5) is 0 Å². The number of nitrogens with zero attached hydrogens (tertiary/aromatic N) is 1. The molecule has 0 aromatic carbocycles. The van der Waals surface area contributed by atoms with E-state index in [1.807, 2.05) is 0 Å². The Hall–Kier alpha value is 0.0500. The Morgan fingerprint density at radius 3 is 1.67 bits per heavy atom. The molecule has 0 spiro atoms. The molecule has 0 aliphatic rings. The summed E-state index contributed by atoms with van der Waals surface area (Å²) < 4.78 is 0. The highest BCUT2D eigenvalue weighted by Gasteiger charge is 2.29. The minimum absolute atomic E-state index is 0. The third-order valence-corrected chi connectivity index (χ3v) is 1.88. The monoisotopic (exact) mass is 245 g/mol. The predicted octanol–water partition coefficient (Wildman–Crippen LogP) is -2.59. The van der Waals surface area contributed by atoms with Crippen molar-refractivity contribution in [3.8, 4) is 0 Å². The molecule has 94 valence electrons. The van der Waals surface area contributed by atoms with Crippen LogP contribution in [-0.2, 0) is 0 Å². The van der Waals surface area contributed by atoms with Gasteiger partial charge in [-0.1, -0.05) is 0 Å². The van der Waals surface area contributed by atoms with E-state index >= 15 is 0 Å². The van der Waals surface area contributed by atoms with Crippen LogP contribution in [0, 0.1) is 0 Å². The molecule has 0 unspecified atom stereocenters. The van der Waals surface area contributed by atoms with Gasteiger partial charge in [0, 0.05) is 6.54 Å². The van der Waals surface area contributed by atoms with Gasteiger partial charge in [0.1, 0.15) is 18.3 Å². The van der Waals surface area contributed by atoms with Crippen molar-refractivity contribution in [3.05, 3.63) is 0 Å². The van der Waals surface area contributed by atoms with Crippen LogP contribution in [0.25, 0.3) is 0 Å². The molecule has 0 saturated heterocycles. The number of hydrogen-bond donors (Lipinski definition) is 5. The molecule has 7 heteroatoms. The molecule has 0 aromatic rings. The fourth-order valence-electron chi connectivity index (χ4n) is 1.05. The van der Waals surface area contributed by atoms with Crippen LogP contribution in [0.3, 0.4) is 0 Å². The first kappa shape index (κ1) is 17.4. The molecule has 0 heterocycles. The summed E-state index contributed by atoms with van der Waals surface area (Å²) in [5.41, 5.74) is 0. The molecule has 5 N–H and O–H groups in total. The van der Waals surface area contributed by atoms with Crippen molar-refractivity contribution in [1.29, 1.82) is 0 Å². The second-order valence-electron chi connectivity index (χ2n) is 3.56. The van der Waals surface area contributed by atoms with E-state index in [9.17, 15) is 15.3 Å². The molecule has 6 nitrogen and oxygen atoms in total. The summed E-state index contributed by atoms with van der Waals surface area (Å²) in [6.45, 7) is -0.497. The van der Waals surface area contributed by atoms with Gasteiger partial charge in [0.25, 0.3) is 0 Å². The highest BCUT2D eigenvalue weighted by atomic mass is 35.5. The number of likely N-dealkylation sites (N-methyl/N-ethyl adjacent to an activating group) is 1. The molecule has 15 heavy (non-hydrogen) atoms. The summed E-state index contributed by atoms with van der Waals surface area (Å²) >= 11 is 0. The Morgan fingerprint density at radius 1 is 0.933 bits per heavy atom. The molecule has 0 rings (SSSR count). The summed E-state index contributed by atoms with van der Waals surface area (Å²) in [6.07, 6.45) is -5.63. The molecule has 0 fully saturated rings. The van der Waals surface area contributed by atoms with Crippen molar-refractivity contribution in [1.82, 2.24) is 4.90 Å². The SMILES string of the molecule is CN(C)C[C@H](O)[C@@H](O)[C@H](O)[C@H](O)CO.Cl. The lowest BCUT2D eigenvalue weighted by Gasteiger charge is -2.27. The smallest absolute Gasteiger partial charge is 0.111 e. The average molecular weight is 246 g/mol. The van der Waals surface area contributed by atoms with Crippen LogP contribution in [-0.4, -0.2) is 82.1 Å². The highest BCUT2D eigenvalue weighted by Crippen LogP contribution is 2.05. The molecule has 0 bridgehead atoms. The zero-order valence-electron chi connectivity index (χ0n) is 8.82. The van der Waals surface area contributed by atoms with E-state index in [1.165, 1.54) is 0 Å². The standard InChI is InChI=1S/C8H19NO5.ClH/c1-9(2)3-5(11)7(13)8(14)6(12)4-10;/h5-8,10-14H,3-4H2,1-2H3;1H/t5-,6+,7+,8+;/m0./s1. The van der Waals surface area contributed by atoms with Gasteiger partial charge in [-0.05, 0) is 14.1 Å². The first-order valence-electron chi connectivity index (χ1n) is 4.38. The van der Waals surface area contributed by atoms with Crippen molar-refractivity contribution < 1.29 is 25.5 Å². The van der Waals surface area contributed by atoms with Gasteiger partial charge >= 0.3 is 0 Å². The lowest BCUT2D eigenvalue weighted by molar-refractivity contribution is -0.117. The molecule has 0 saturated carbocycles. The molecule has 4 atom stereocenters. The van der Waals surface area contributed by atoms with Crippen LogP contribution in [0.15, 0.2) is 0 Å². The number of hydrogen-bond acceptors (Lipinski definition) is 6. The van der Waals surface area contributed by atoms with Gasteiger partial charge in [0.2, 0.25) is 0 Å². The van der Waals surface area contributed by atoms with E-state index in [2.05, 4.69) is 0 Å². The van der Waals surface area contributed by atoms with Crippen molar-refractivity contribution >= 4 is 12.4 Å². The molecule has 0 amide bonds. The average Bonchev–Trinajstić information content (AvgIpc) is 2.13. The van der Waals surface area contributed by atoms with Crippen LogP contribution in [0.5, 0.6) is 0 Å². The lowest BCUT2D eigenvalue weighted by Crippen LogP contribution is -2.48. The predicted molar refractivity (Wildman–Crippen MR) is 56.9 cm³/mol. The molecular formula is C8H20ClNO5. The van der Waals surface area contributed by atoms with Crippen molar-refractivity contribution in [2.45, 2.75) is 24.4 Å². The quantitative estimate of drug-likeness (QED) is 0.352. The Kier molecular flexibility index (Phi) is 9.57. The van der Waals surface area contributed by atoms with Gasteiger partial charge in [-0.2, -0.15) is 0 Å². The Bertz CT molecular complexity index is 160. The maximum atomic E-state index is 9.36. The van der Waals surface area contributed by atoms with Crippen molar-refractivity contribution in [3.63, 3.8) is 0 Å². The van der Waals surface area contributed by atoms with Crippen LogP contribution in [0.1, 0.15) is 0 Å². The Labute approximate surface area is 95.2 Å². The number of aliphatic hydroxyl groups excluding tert-OH is 5. The topological polar surface area (TPSA) is 104 Å². The molecule has 0 aliphatic heterocycles. The van der Waals surface area contributed by atoms with Crippen LogP contribution >= 0.6 is 12.4 Å². The third kappa shape index (κ3) is 6.26. The summed E-state index contributed by atoms with van der Waals surface area (Å²) in [5, 5.41) is 45.4. The lowest BCUT2D eigenvalue weighted by atomic mass is 10.0. The zero-order valence-corrected chi connectivity index (χ0v) is 9.63. The molecular weight excluding hydrogens is 226 g/mol. The summed E-state index contributed by atoms with van der Waals surface area (Å²) in [4.78, 5) is 1.63. The third-order valence-electron chi connectivity index (χ3n) is 1.88. The maximum absolute atomic E-state index is 9.36. The summed E-state index contributed by atoms with van der Waals surface area (Å²) in [6, 6.07) is 0. The first-order chi connectivity index (χ1) is 6.40. The van der Waals surface area contributed by atoms with E-state index in [1.54, 1.807) is 19.0 Å². The minimum Gasteiger partial charge on any atom is -0.394 e. The van der Waals surface area contributed by atoms with Gasteiger partial charge < -0.3 is 30.4 Å². The van der Waals surface area contributed by atoms with Crippen molar-refractivity contribution in [2.24, 2.45) is 0 Å². The van der Waals surface area contributed by atoms with Gasteiger partial charge in [0.05, 0.1) is 12.7 Å². The number of rotatable bonds is 6. The van der Waals surface area contributed by atoms with Gasteiger partial charge in [-0.15, -0.1) is 12.4 Å². The van der Waals surface area contributed by atoms with E-state index in [4.69, 9.17) is 10.2 Å². The normalized spacial score (nSPS) is 19.2. The van der Waals surface area contributed by atoms with Gasteiger partial charge in [0.15, 0.2) is 0 Å². The van der Waals surface area contributed by atoms with E-state index in [0.29, 0.717) is 0 Å². The number of aliphatic hydroxyl groups is 5. The van der Waals surface area contributed by atoms with E-state index < -0.39 is 31.0 Å². The Morgan fingerprint density at radius 2 is 1.33 bits per heavy atom. The summed E-state index contributed by atoms with van der Waals surface area (Å²) in [5.74, 6) is 0. The highest BCUT2D eigenvalue weighted by molar-refractivity contribution is 5.85. The number of halogens is 1. The van der Waals surface area contributed by atoms with E-state index in [-0.39, 0.29) is 19.0 Å². The second kappa shape index (κ2) is 8.23. The zero-order chi connectivity index (χ0) is 11.3. The van der Waals surface area contributed by atoms with Crippen LogP contribution < -0.4 is 0 Å². The molecule has 0 aromatic heterocycles. The molecule has 0 aliphatic carbocycles. The first-order valence-corrected chi connectivity index (χ1v) is 4.38. The molecule has 0 radical (unpaired) electrons. The van der Waals surface area contributed by atoms with Crippen LogP contribution in [0.2, 0.25) is 0 Å². The fraction of sp³-hybridized carbons (Fsp3) is 1.00. The largest absolute Gasteiger partial charge is 0.394 e. The second-order valence-corrected chi connectivity index (χ2v) is 3.56. The Balaban J connectivity index is 0. The van der Waals surface area contributed by atoms with Gasteiger partial charge in [-0.25, -0.2) is 0 Å². The van der Waals surface area contributed by atoms with E-state index in [0.717, 1.165) is 0 Å². The maximum Gasteiger partial charge on any atom is 0.111 e. The fourth-order valence-corrected chi connectivity index (χ4v) is 1.05.